The fourth-order valence-corrected chi connectivity index (χ4v) is 3.52. The molecule has 0 saturated heterocycles. The lowest BCUT2D eigenvalue weighted by atomic mass is 10.2. The first-order valence-electron chi connectivity index (χ1n) is 9.50. The monoisotopic (exact) mass is 433 g/mol. The van der Waals surface area contributed by atoms with E-state index in [1.54, 1.807) is 36.4 Å². The van der Waals surface area contributed by atoms with Crippen LogP contribution in [0.3, 0.4) is 0 Å². The molecule has 0 aromatic heterocycles. The summed E-state index contributed by atoms with van der Waals surface area (Å²) in [6.07, 6.45) is 2.51. The second-order valence-corrected chi connectivity index (χ2v) is 8.38. The number of nitrogens with zero attached hydrogens (tertiary/aromatic N) is 2. The SMILES string of the molecule is CCOc1ccc(/C=N\NC(=O)CN(c2cccc(C)c2)S(C)(=O)=O)cc1OCC. The molecule has 0 aliphatic carbocycles. The molecule has 0 aliphatic rings. The van der Waals surface area contributed by atoms with Crippen molar-refractivity contribution in [1.82, 2.24) is 5.43 Å². The minimum absolute atomic E-state index is 0.382. The van der Waals surface area contributed by atoms with Gasteiger partial charge in [0.2, 0.25) is 10.0 Å². The number of amides is 1. The van der Waals surface area contributed by atoms with Crippen LogP contribution in [-0.4, -0.2) is 46.6 Å². The van der Waals surface area contributed by atoms with E-state index in [4.69, 9.17) is 9.47 Å². The van der Waals surface area contributed by atoms with Gasteiger partial charge in [0.15, 0.2) is 11.5 Å². The highest BCUT2D eigenvalue weighted by Crippen LogP contribution is 2.28. The Hall–Kier alpha value is -3.07. The highest BCUT2D eigenvalue weighted by Gasteiger charge is 2.20. The summed E-state index contributed by atoms with van der Waals surface area (Å²) in [5, 5.41) is 3.92. The first-order chi connectivity index (χ1) is 14.2. The Bertz CT molecular complexity index is 1010. The van der Waals surface area contributed by atoms with E-state index >= 15 is 0 Å². The molecule has 0 radical (unpaired) electrons. The average Bonchev–Trinajstić information content (AvgIpc) is 2.67. The molecule has 2 aromatic carbocycles. The molecule has 0 aliphatic heterocycles. The number of ether oxygens (including phenoxy) is 2. The van der Waals surface area contributed by atoms with Crippen molar-refractivity contribution in [3.63, 3.8) is 0 Å². The molecule has 0 unspecified atom stereocenters. The average molecular weight is 434 g/mol. The zero-order valence-corrected chi connectivity index (χ0v) is 18.4. The van der Waals surface area contributed by atoms with E-state index in [0.717, 1.165) is 16.1 Å². The number of hydrogen-bond donors (Lipinski definition) is 1. The van der Waals surface area contributed by atoms with Crippen molar-refractivity contribution in [2.45, 2.75) is 20.8 Å². The summed E-state index contributed by atoms with van der Waals surface area (Å²) in [5.41, 5.74) is 4.37. The Labute approximate surface area is 177 Å². The van der Waals surface area contributed by atoms with Crippen molar-refractivity contribution in [2.75, 3.05) is 30.3 Å². The summed E-state index contributed by atoms with van der Waals surface area (Å²) in [4.78, 5) is 12.3. The van der Waals surface area contributed by atoms with Crippen LogP contribution in [0.15, 0.2) is 47.6 Å². The van der Waals surface area contributed by atoms with Crippen molar-refractivity contribution < 1.29 is 22.7 Å². The van der Waals surface area contributed by atoms with Gasteiger partial charge >= 0.3 is 0 Å². The molecule has 0 bridgehead atoms. The molecular formula is C21H27N3O5S. The number of hydrogen-bond acceptors (Lipinski definition) is 6. The normalized spacial score (nSPS) is 11.3. The van der Waals surface area contributed by atoms with E-state index in [-0.39, 0.29) is 6.54 Å². The molecule has 0 saturated carbocycles. The standard InChI is InChI=1S/C21H27N3O5S/c1-5-28-19-11-10-17(13-20(19)29-6-2)14-22-23-21(25)15-24(30(4,26)27)18-9-7-8-16(3)12-18/h7-14H,5-6,15H2,1-4H3,(H,23,25)/b22-14-. The van der Waals surface area contributed by atoms with Crippen molar-refractivity contribution in [3.8, 4) is 11.5 Å². The van der Waals surface area contributed by atoms with Gasteiger partial charge in [-0.15, -0.1) is 0 Å². The van der Waals surface area contributed by atoms with Crippen LogP contribution >= 0.6 is 0 Å². The molecule has 9 heteroatoms. The van der Waals surface area contributed by atoms with Crippen LogP contribution < -0.4 is 19.2 Å². The summed E-state index contributed by atoms with van der Waals surface area (Å²) < 4.78 is 36.4. The van der Waals surface area contributed by atoms with Gasteiger partial charge in [0, 0.05) is 0 Å². The molecule has 1 amide bonds. The number of sulfonamides is 1. The third kappa shape index (κ3) is 6.77. The Morgan fingerprint density at radius 2 is 1.80 bits per heavy atom. The molecule has 0 spiro atoms. The van der Waals surface area contributed by atoms with E-state index in [9.17, 15) is 13.2 Å². The fourth-order valence-electron chi connectivity index (χ4n) is 2.68. The summed E-state index contributed by atoms with van der Waals surface area (Å²) >= 11 is 0. The second-order valence-electron chi connectivity index (χ2n) is 6.47. The number of carbonyl (C=O) groups excluding carboxylic acids is 1. The number of carbonyl (C=O) groups is 1. The summed E-state index contributed by atoms with van der Waals surface area (Å²) in [6.45, 7) is 6.23. The lowest BCUT2D eigenvalue weighted by molar-refractivity contribution is -0.119. The number of benzene rings is 2. The van der Waals surface area contributed by atoms with Gasteiger partial charge in [-0.3, -0.25) is 9.10 Å². The zero-order valence-electron chi connectivity index (χ0n) is 17.6. The van der Waals surface area contributed by atoms with E-state index in [1.165, 1.54) is 6.21 Å². The largest absolute Gasteiger partial charge is 0.490 e. The molecular weight excluding hydrogens is 406 g/mol. The Morgan fingerprint density at radius 1 is 1.10 bits per heavy atom. The van der Waals surface area contributed by atoms with E-state index < -0.39 is 15.9 Å². The maximum atomic E-state index is 12.3. The summed E-state index contributed by atoms with van der Waals surface area (Å²) in [7, 11) is -3.64. The Morgan fingerprint density at radius 3 is 2.43 bits per heavy atom. The maximum Gasteiger partial charge on any atom is 0.260 e. The van der Waals surface area contributed by atoms with Gasteiger partial charge in [-0.05, 0) is 62.2 Å². The highest BCUT2D eigenvalue weighted by molar-refractivity contribution is 7.92. The second kappa shape index (κ2) is 10.6. The minimum atomic E-state index is -3.64. The first-order valence-corrected chi connectivity index (χ1v) is 11.3. The van der Waals surface area contributed by atoms with Crippen molar-refractivity contribution in [3.05, 3.63) is 53.6 Å². The van der Waals surface area contributed by atoms with Crippen LogP contribution in [0.4, 0.5) is 5.69 Å². The van der Waals surface area contributed by atoms with Crippen molar-refractivity contribution >= 4 is 27.8 Å². The van der Waals surface area contributed by atoms with E-state index in [0.29, 0.717) is 36.0 Å². The lowest BCUT2D eigenvalue weighted by Crippen LogP contribution is -2.39. The topological polar surface area (TPSA) is 97.3 Å². The van der Waals surface area contributed by atoms with Crippen LogP contribution in [0.25, 0.3) is 0 Å². The summed E-state index contributed by atoms with van der Waals surface area (Å²) in [5.74, 6) is 0.647. The third-order valence-corrected chi connectivity index (χ3v) is 5.09. The predicted molar refractivity (Wildman–Crippen MR) is 118 cm³/mol. The van der Waals surface area contributed by atoms with Crippen LogP contribution in [0.2, 0.25) is 0 Å². The fraction of sp³-hybridized carbons (Fsp3) is 0.333. The molecule has 0 heterocycles. The predicted octanol–water partition coefficient (Wildman–Crippen LogP) is 2.71. The molecule has 2 aromatic rings. The number of nitrogens with one attached hydrogen (secondary N) is 1. The van der Waals surface area contributed by atoms with Crippen molar-refractivity contribution in [1.29, 1.82) is 0 Å². The van der Waals surface area contributed by atoms with E-state index in [2.05, 4.69) is 10.5 Å². The number of anilines is 1. The van der Waals surface area contributed by atoms with Gasteiger partial charge in [-0.1, -0.05) is 12.1 Å². The third-order valence-electron chi connectivity index (χ3n) is 3.95. The van der Waals surface area contributed by atoms with Gasteiger partial charge in [0.1, 0.15) is 6.54 Å². The van der Waals surface area contributed by atoms with Crippen LogP contribution in [0.5, 0.6) is 11.5 Å². The van der Waals surface area contributed by atoms with E-state index in [1.807, 2.05) is 26.8 Å². The molecule has 8 nitrogen and oxygen atoms in total. The minimum Gasteiger partial charge on any atom is -0.490 e. The van der Waals surface area contributed by atoms with Gasteiger partial charge in [0.05, 0.1) is 31.4 Å². The maximum absolute atomic E-state index is 12.3. The van der Waals surface area contributed by atoms with Crippen LogP contribution in [-0.2, 0) is 14.8 Å². The summed E-state index contributed by atoms with van der Waals surface area (Å²) in [6, 6.07) is 12.2. The molecule has 30 heavy (non-hydrogen) atoms. The molecule has 0 fully saturated rings. The van der Waals surface area contributed by atoms with Crippen molar-refractivity contribution in [2.24, 2.45) is 5.10 Å². The Balaban J connectivity index is 2.08. The number of hydrazone groups is 1. The van der Waals surface area contributed by atoms with Crippen LogP contribution in [0, 0.1) is 6.92 Å². The van der Waals surface area contributed by atoms with Gasteiger partial charge < -0.3 is 9.47 Å². The van der Waals surface area contributed by atoms with Gasteiger partial charge in [-0.25, -0.2) is 13.8 Å². The van der Waals surface area contributed by atoms with Gasteiger partial charge in [-0.2, -0.15) is 5.10 Å². The molecule has 1 N–H and O–H groups in total. The molecule has 162 valence electrons. The lowest BCUT2D eigenvalue weighted by Gasteiger charge is -2.21. The Kier molecular flexibility index (Phi) is 8.23. The van der Waals surface area contributed by atoms with Gasteiger partial charge in [0.25, 0.3) is 5.91 Å². The molecule has 0 atom stereocenters. The number of aryl methyl sites for hydroxylation is 1. The first kappa shape index (κ1) is 23.2. The molecule has 2 rings (SSSR count). The van der Waals surface area contributed by atoms with Crippen LogP contribution in [0.1, 0.15) is 25.0 Å². The zero-order chi connectivity index (χ0) is 22.1. The number of rotatable bonds is 10. The smallest absolute Gasteiger partial charge is 0.260 e. The highest BCUT2D eigenvalue weighted by atomic mass is 32.2. The quantitative estimate of drug-likeness (QED) is 0.459.